The summed E-state index contributed by atoms with van der Waals surface area (Å²) in [7, 11) is 0. The highest BCUT2D eigenvalue weighted by Gasteiger charge is 2.27. The summed E-state index contributed by atoms with van der Waals surface area (Å²) in [5.41, 5.74) is 0.980. The van der Waals surface area contributed by atoms with Crippen molar-refractivity contribution in [1.82, 2.24) is 5.32 Å². The Morgan fingerprint density at radius 2 is 1.95 bits per heavy atom. The Kier molecular flexibility index (Phi) is 3.90. The van der Waals surface area contributed by atoms with Crippen LogP contribution in [0, 0.1) is 5.41 Å². The first-order valence-electron chi connectivity index (χ1n) is 6.85. The number of aromatic hydroxyl groups is 3. The maximum Gasteiger partial charge on any atom is 0.200 e. The van der Waals surface area contributed by atoms with Crippen molar-refractivity contribution in [2.45, 2.75) is 52.1 Å². The predicted octanol–water partition coefficient (Wildman–Crippen LogP) is 2.86. The lowest BCUT2D eigenvalue weighted by Gasteiger charge is -2.35. The molecule has 4 N–H and O–H groups in total. The summed E-state index contributed by atoms with van der Waals surface area (Å²) in [6, 6.07) is 3.47. The standard InChI is InChI=1S/C15H23NO3/c1-15(2)7-3-4-11(8-15)16-9-10-5-6-12(17)14(19)13(10)18/h5-6,11,16-19H,3-4,7-9H2,1-2H3. The zero-order valence-electron chi connectivity index (χ0n) is 11.6. The summed E-state index contributed by atoms with van der Waals surface area (Å²) in [6.45, 7) is 5.07. The van der Waals surface area contributed by atoms with Gasteiger partial charge in [-0.1, -0.05) is 26.3 Å². The fourth-order valence-electron chi connectivity index (χ4n) is 2.88. The van der Waals surface area contributed by atoms with Crippen LogP contribution < -0.4 is 5.32 Å². The molecular formula is C15H23NO3. The molecular weight excluding hydrogens is 242 g/mol. The molecule has 0 aliphatic heterocycles. The van der Waals surface area contributed by atoms with Crippen molar-refractivity contribution in [3.05, 3.63) is 17.7 Å². The molecule has 1 aromatic carbocycles. The maximum atomic E-state index is 9.76. The van der Waals surface area contributed by atoms with Gasteiger partial charge in [-0.25, -0.2) is 0 Å². The van der Waals surface area contributed by atoms with Crippen molar-refractivity contribution in [1.29, 1.82) is 0 Å². The second kappa shape index (κ2) is 5.29. The van der Waals surface area contributed by atoms with E-state index in [4.69, 9.17) is 0 Å². The predicted molar refractivity (Wildman–Crippen MR) is 74.3 cm³/mol. The lowest BCUT2D eigenvalue weighted by atomic mass is 9.75. The Labute approximate surface area is 114 Å². The van der Waals surface area contributed by atoms with Gasteiger partial charge in [0.1, 0.15) is 0 Å². The first-order chi connectivity index (χ1) is 8.89. The third-order valence-corrected chi connectivity index (χ3v) is 4.00. The zero-order chi connectivity index (χ0) is 14.0. The first-order valence-corrected chi connectivity index (χ1v) is 6.85. The van der Waals surface area contributed by atoms with Crippen molar-refractivity contribution in [3.63, 3.8) is 0 Å². The molecule has 1 aliphatic carbocycles. The fraction of sp³-hybridized carbons (Fsp3) is 0.600. The SMILES string of the molecule is CC1(C)CCCC(NCc2ccc(O)c(O)c2O)C1. The quantitative estimate of drug-likeness (QED) is 0.634. The van der Waals surface area contributed by atoms with E-state index < -0.39 is 5.75 Å². The summed E-state index contributed by atoms with van der Waals surface area (Å²) >= 11 is 0. The van der Waals surface area contributed by atoms with Crippen LogP contribution in [0.15, 0.2) is 12.1 Å². The largest absolute Gasteiger partial charge is 0.504 e. The zero-order valence-corrected chi connectivity index (χ0v) is 11.6. The van der Waals surface area contributed by atoms with Crippen LogP contribution in [0.25, 0.3) is 0 Å². The van der Waals surface area contributed by atoms with Crippen LogP contribution in [0.2, 0.25) is 0 Å². The van der Waals surface area contributed by atoms with Crippen molar-refractivity contribution in [3.8, 4) is 17.2 Å². The molecule has 0 saturated heterocycles. The summed E-state index contributed by atoms with van der Waals surface area (Å²) in [5, 5.41) is 31.9. The number of hydrogen-bond donors (Lipinski definition) is 4. The van der Waals surface area contributed by atoms with Gasteiger partial charge in [0, 0.05) is 18.2 Å². The van der Waals surface area contributed by atoms with E-state index in [-0.39, 0.29) is 11.5 Å². The minimum absolute atomic E-state index is 0.234. The van der Waals surface area contributed by atoms with Gasteiger partial charge in [0.05, 0.1) is 0 Å². The molecule has 1 fully saturated rings. The van der Waals surface area contributed by atoms with Crippen LogP contribution in [0.1, 0.15) is 45.1 Å². The van der Waals surface area contributed by atoms with E-state index in [1.165, 1.54) is 18.9 Å². The van der Waals surface area contributed by atoms with Gasteiger partial charge in [-0.15, -0.1) is 0 Å². The number of phenols is 3. The second-order valence-electron chi connectivity index (χ2n) is 6.28. The minimum atomic E-state index is -0.441. The molecule has 4 heteroatoms. The molecule has 19 heavy (non-hydrogen) atoms. The van der Waals surface area contributed by atoms with E-state index in [9.17, 15) is 15.3 Å². The lowest BCUT2D eigenvalue weighted by molar-refractivity contribution is 0.197. The van der Waals surface area contributed by atoms with Gasteiger partial charge in [0.15, 0.2) is 11.5 Å². The van der Waals surface area contributed by atoms with Crippen molar-refractivity contribution < 1.29 is 15.3 Å². The van der Waals surface area contributed by atoms with Crippen LogP contribution in [-0.2, 0) is 6.54 Å². The van der Waals surface area contributed by atoms with E-state index in [0.717, 1.165) is 12.8 Å². The van der Waals surface area contributed by atoms with Crippen LogP contribution in [0.5, 0.6) is 17.2 Å². The molecule has 0 bridgehead atoms. The Bertz CT molecular complexity index is 457. The molecule has 0 radical (unpaired) electrons. The minimum Gasteiger partial charge on any atom is -0.504 e. The van der Waals surface area contributed by atoms with Gasteiger partial charge in [-0.2, -0.15) is 0 Å². The summed E-state index contributed by atoms with van der Waals surface area (Å²) in [5.74, 6) is -0.967. The van der Waals surface area contributed by atoms with E-state index >= 15 is 0 Å². The van der Waals surface area contributed by atoms with Crippen LogP contribution in [0.4, 0.5) is 0 Å². The third-order valence-electron chi connectivity index (χ3n) is 4.00. The molecule has 106 valence electrons. The lowest BCUT2D eigenvalue weighted by Crippen LogP contribution is -2.36. The number of rotatable bonds is 3. The van der Waals surface area contributed by atoms with Crippen molar-refractivity contribution in [2.75, 3.05) is 0 Å². The molecule has 1 atom stereocenters. The Morgan fingerprint density at radius 1 is 1.21 bits per heavy atom. The third kappa shape index (κ3) is 3.32. The van der Waals surface area contributed by atoms with Gasteiger partial charge >= 0.3 is 0 Å². The molecule has 1 saturated carbocycles. The van der Waals surface area contributed by atoms with Gasteiger partial charge in [-0.3, -0.25) is 0 Å². The van der Waals surface area contributed by atoms with Crippen LogP contribution in [-0.4, -0.2) is 21.4 Å². The topological polar surface area (TPSA) is 72.7 Å². The number of nitrogens with one attached hydrogen (secondary N) is 1. The normalized spacial score (nSPS) is 22.3. The van der Waals surface area contributed by atoms with Gasteiger partial charge < -0.3 is 20.6 Å². The van der Waals surface area contributed by atoms with Crippen LogP contribution in [0.3, 0.4) is 0 Å². The van der Waals surface area contributed by atoms with E-state index in [1.807, 2.05) is 0 Å². The molecule has 0 heterocycles. The molecule has 1 aromatic rings. The molecule has 1 aliphatic rings. The highest BCUT2D eigenvalue weighted by Crippen LogP contribution is 2.38. The average molecular weight is 265 g/mol. The van der Waals surface area contributed by atoms with E-state index in [2.05, 4.69) is 19.2 Å². The Morgan fingerprint density at radius 3 is 2.63 bits per heavy atom. The van der Waals surface area contributed by atoms with Crippen molar-refractivity contribution >= 4 is 0 Å². The molecule has 0 spiro atoms. The van der Waals surface area contributed by atoms with Gasteiger partial charge in [0.25, 0.3) is 0 Å². The van der Waals surface area contributed by atoms with E-state index in [1.54, 1.807) is 6.07 Å². The highest BCUT2D eigenvalue weighted by molar-refractivity contribution is 5.53. The summed E-state index contributed by atoms with van der Waals surface area (Å²) < 4.78 is 0. The Hall–Kier alpha value is -1.42. The van der Waals surface area contributed by atoms with Gasteiger partial charge in [-0.05, 0) is 30.7 Å². The number of phenolic OH excluding ortho intramolecular Hbond substituents is 3. The number of benzene rings is 1. The summed E-state index contributed by atoms with van der Waals surface area (Å²) in [4.78, 5) is 0. The molecule has 0 aromatic heterocycles. The van der Waals surface area contributed by atoms with Crippen molar-refractivity contribution in [2.24, 2.45) is 5.41 Å². The second-order valence-corrected chi connectivity index (χ2v) is 6.28. The fourth-order valence-corrected chi connectivity index (χ4v) is 2.88. The average Bonchev–Trinajstić information content (AvgIpc) is 2.34. The van der Waals surface area contributed by atoms with Gasteiger partial charge in [0.2, 0.25) is 5.75 Å². The molecule has 2 rings (SSSR count). The summed E-state index contributed by atoms with van der Waals surface area (Å²) in [6.07, 6.45) is 4.75. The maximum absolute atomic E-state index is 9.76. The van der Waals surface area contributed by atoms with Crippen LogP contribution >= 0.6 is 0 Å². The smallest absolute Gasteiger partial charge is 0.200 e. The number of hydrogen-bond acceptors (Lipinski definition) is 4. The monoisotopic (exact) mass is 265 g/mol. The highest BCUT2D eigenvalue weighted by atomic mass is 16.3. The Balaban J connectivity index is 1.97. The van der Waals surface area contributed by atoms with E-state index in [0.29, 0.717) is 23.6 Å². The molecule has 4 nitrogen and oxygen atoms in total. The molecule has 0 amide bonds. The first kappa shape index (κ1) is 14.0. The molecule has 1 unspecified atom stereocenters.